The lowest BCUT2D eigenvalue weighted by Gasteiger charge is -2.44. The number of rotatable bonds is 10. The van der Waals surface area contributed by atoms with Crippen LogP contribution in [0.2, 0.25) is 0 Å². The Balaban J connectivity index is 1.63. The number of hydrogen-bond donors (Lipinski definition) is 2. The number of hydrogen-bond acceptors (Lipinski definition) is 5. The van der Waals surface area contributed by atoms with Gasteiger partial charge in [-0.15, -0.1) is 0 Å². The predicted molar refractivity (Wildman–Crippen MR) is 147 cm³/mol. The van der Waals surface area contributed by atoms with Gasteiger partial charge in [0.1, 0.15) is 11.5 Å². The molecule has 6 heteroatoms. The van der Waals surface area contributed by atoms with Crippen molar-refractivity contribution < 1.29 is 19.4 Å². The van der Waals surface area contributed by atoms with Gasteiger partial charge in [0, 0.05) is 50.2 Å². The Bertz CT molecular complexity index is 1040. The SMILES string of the molecule is COCCCC[C@@](O)(c1ccccc1Oc1c(C)cccc1C)[C@@H]1CCCN(C(=O)[C@@H]2CC[C@H](N)C2)C1. The van der Waals surface area contributed by atoms with E-state index in [2.05, 4.69) is 0 Å². The molecule has 4 rings (SSSR count). The minimum atomic E-state index is -1.12. The molecule has 0 spiro atoms. The number of nitrogens with two attached hydrogens (primary N) is 1. The molecule has 0 unspecified atom stereocenters. The van der Waals surface area contributed by atoms with Gasteiger partial charge < -0.3 is 25.2 Å². The van der Waals surface area contributed by atoms with Crippen molar-refractivity contribution in [2.75, 3.05) is 26.8 Å². The summed E-state index contributed by atoms with van der Waals surface area (Å²) in [6.07, 6.45) is 6.59. The van der Waals surface area contributed by atoms with Crippen molar-refractivity contribution in [3.8, 4) is 11.5 Å². The van der Waals surface area contributed by atoms with Crippen LogP contribution in [0.5, 0.6) is 11.5 Å². The van der Waals surface area contributed by atoms with Crippen LogP contribution in [-0.4, -0.2) is 48.8 Å². The zero-order valence-corrected chi connectivity index (χ0v) is 22.7. The fraction of sp³-hybridized carbons (Fsp3) is 0.581. The van der Waals surface area contributed by atoms with E-state index < -0.39 is 5.60 Å². The Labute approximate surface area is 222 Å². The minimum absolute atomic E-state index is 0.0168. The number of aliphatic hydroxyl groups is 1. The highest BCUT2D eigenvalue weighted by Gasteiger charge is 2.44. The molecular formula is C31H44N2O4. The zero-order valence-electron chi connectivity index (χ0n) is 22.7. The molecule has 0 radical (unpaired) electrons. The van der Waals surface area contributed by atoms with Crippen LogP contribution in [0.1, 0.15) is 68.1 Å². The molecule has 1 aliphatic carbocycles. The summed E-state index contributed by atoms with van der Waals surface area (Å²) in [5.74, 6) is 1.65. The molecule has 6 nitrogen and oxygen atoms in total. The Kier molecular flexibility index (Phi) is 9.27. The van der Waals surface area contributed by atoms with Gasteiger partial charge in [-0.05, 0) is 82.4 Å². The van der Waals surface area contributed by atoms with Crippen LogP contribution >= 0.6 is 0 Å². The lowest BCUT2D eigenvalue weighted by atomic mass is 9.73. The van der Waals surface area contributed by atoms with Crippen molar-refractivity contribution in [2.45, 2.75) is 76.9 Å². The zero-order chi connectivity index (χ0) is 26.4. The van der Waals surface area contributed by atoms with Gasteiger partial charge in [-0.2, -0.15) is 0 Å². The first-order valence-corrected chi connectivity index (χ1v) is 13.9. The van der Waals surface area contributed by atoms with Crippen LogP contribution in [0.3, 0.4) is 0 Å². The van der Waals surface area contributed by atoms with E-state index in [1.807, 2.05) is 61.2 Å². The van der Waals surface area contributed by atoms with Crippen molar-refractivity contribution in [3.63, 3.8) is 0 Å². The van der Waals surface area contributed by atoms with E-state index in [-0.39, 0.29) is 23.8 Å². The average Bonchev–Trinajstić information content (AvgIpc) is 3.35. The minimum Gasteiger partial charge on any atom is -0.456 e. The number of para-hydroxylation sites is 2. The van der Waals surface area contributed by atoms with Gasteiger partial charge in [-0.1, -0.05) is 36.4 Å². The lowest BCUT2D eigenvalue weighted by Crippen LogP contribution is -2.49. The van der Waals surface area contributed by atoms with Gasteiger partial charge in [0.25, 0.3) is 0 Å². The molecule has 0 bridgehead atoms. The first kappa shape index (κ1) is 27.6. The smallest absolute Gasteiger partial charge is 0.225 e. The largest absolute Gasteiger partial charge is 0.456 e. The highest BCUT2D eigenvalue weighted by atomic mass is 16.5. The average molecular weight is 509 g/mol. The van der Waals surface area contributed by atoms with Crippen LogP contribution in [0.15, 0.2) is 42.5 Å². The normalized spacial score (nSPS) is 23.6. The molecule has 4 atom stereocenters. The second-order valence-corrected chi connectivity index (χ2v) is 11.1. The van der Waals surface area contributed by atoms with Crippen LogP contribution in [0.25, 0.3) is 0 Å². The molecule has 1 saturated carbocycles. The number of nitrogens with zero attached hydrogens (tertiary/aromatic N) is 1. The maximum absolute atomic E-state index is 13.4. The third kappa shape index (κ3) is 6.36. The molecular weight excluding hydrogens is 464 g/mol. The number of amides is 1. The summed E-state index contributed by atoms with van der Waals surface area (Å²) in [6, 6.07) is 14.1. The monoisotopic (exact) mass is 508 g/mol. The number of piperidine rings is 1. The van der Waals surface area contributed by atoms with E-state index in [1.54, 1.807) is 7.11 Å². The number of carbonyl (C=O) groups is 1. The molecule has 2 fully saturated rings. The summed E-state index contributed by atoms with van der Waals surface area (Å²) >= 11 is 0. The highest BCUT2D eigenvalue weighted by Crippen LogP contribution is 2.45. The standard InChI is InChI=1S/C31H44N2O4/c1-22-10-8-11-23(2)29(22)37-28-14-5-4-13-27(28)31(35,17-6-7-19-36-3)25-12-9-18-33(21-25)30(34)24-15-16-26(32)20-24/h4-5,8,10-11,13-14,24-26,35H,6-7,9,12,15-21,32H2,1-3H3/t24-,25-,26+,31+/m1/s1. The summed E-state index contributed by atoms with van der Waals surface area (Å²) in [6.45, 7) is 6.06. The van der Waals surface area contributed by atoms with E-state index in [1.165, 1.54) is 0 Å². The Morgan fingerprint density at radius 1 is 1.08 bits per heavy atom. The maximum atomic E-state index is 13.4. The molecule has 0 aromatic heterocycles. The first-order chi connectivity index (χ1) is 17.8. The second-order valence-electron chi connectivity index (χ2n) is 11.1. The third-order valence-electron chi connectivity index (χ3n) is 8.36. The summed E-state index contributed by atoms with van der Waals surface area (Å²) < 4.78 is 11.8. The first-order valence-electron chi connectivity index (χ1n) is 13.9. The number of methoxy groups -OCH3 is 1. The van der Waals surface area contributed by atoms with Gasteiger partial charge in [-0.3, -0.25) is 4.79 Å². The molecule has 1 saturated heterocycles. The van der Waals surface area contributed by atoms with E-state index in [0.717, 1.165) is 73.9 Å². The number of ether oxygens (including phenoxy) is 2. The fourth-order valence-electron chi connectivity index (χ4n) is 6.25. The van der Waals surface area contributed by atoms with Crippen LogP contribution in [0, 0.1) is 25.7 Å². The molecule has 1 amide bonds. The summed E-state index contributed by atoms with van der Waals surface area (Å²) in [4.78, 5) is 15.4. The van der Waals surface area contributed by atoms with Crippen LogP contribution in [-0.2, 0) is 15.1 Å². The van der Waals surface area contributed by atoms with Crippen molar-refractivity contribution >= 4 is 5.91 Å². The van der Waals surface area contributed by atoms with E-state index >= 15 is 0 Å². The summed E-state index contributed by atoms with van der Waals surface area (Å²) in [7, 11) is 1.71. The molecule has 2 aromatic rings. The lowest BCUT2D eigenvalue weighted by molar-refractivity contribution is -0.141. The van der Waals surface area contributed by atoms with Crippen molar-refractivity contribution in [2.24, 2.45) is 17.6 Å². The van der Waals surface area contributed by atoms with E-state index in [9.17, 15) is 9.90 Å². The molecule has 37 heavy (non-hydrogen) atoms. The van der Waals surface area contributed by atoms with Crippen LogP contribution in [0.4, 0.5) is 0 Å². The van der Waals surface area contributed by atoms with Crippen LogP contribution < -0.4 is 10.5 Å². The molecule has 202 valence electrons. The number of benzene rings is 2. The van der Waals surface area contributed by atoms with Gasteiger partial charge >= 0.3 is 0 Å². The van der Waals surface area contributed by atoms with Gasteiger partial charge in [-0.25, -0.2) is 0 Å². The third-order valence-corrected chi connectivity index (χ3v) is 8.36. The Morgan fingerprint density at radius 2 is 1.84 bits per heavy atom. The molecule has 2 aliphatic rings. The Hall–Kier alpha value is -2.41. The molecule has 1 aliphatic heterocycles. The maximum Gasteiger partial charge on any atom is 0.225 e. The van der Waals surface area contributed by atoms with E-state index in [4.69, 9.17) is 15.2 Å². The quantitative estimate of drug-likeness (QED) is 0.416. The number of aryl methyl sites for hydroxylation is 2. The van der Waals surface area contributed by atoms with Gasteiger partial charge in [0.15, 0.2) is 0 Å². The van der Waals surface area contributed by atoms with Crippen molar-refractivity contribution in [3.05, 3.63) is 59.2 Å². The fourth-order valence-corrected chi connectivity index (χ4v) is 6.25. The molecule has 2 aromatic carbocycles. The molecule has 1 heterocycles. The topological polar surface area (TPSA) is 85.0 Å². The molecule has 3 N–H and O–H groups in total. The van der Waals surface area contributed by atoms with Gasteiger partial charge in [0.05, 0.1) is 5.60 Å². The highest BCUT2D eigenvalue weighted by molar-refractivity contribution is 5.79. The number of carbonyl (C=O) groups excluding carboxylic acids is 1. The van der Waals surface area contributed by atoms with E-state index in [0.29, 0.717) is 25.3 Å². The Morgan fingerprint density at radius 3 is 2.54 bits per heavy atom. The summed E-state index contributed by atoms with van der Waals surface area (Å²) in [5.41, 5.74) is 7.91. The number of likely N-dealkylation sites (tertiary alicyclic amines) is 1. The second kappa shape index (κ2) is 12.4. The predicted octanol–water partition coefficient (Wildman–Crippen LogP) is 5.47. The van der Waals surface area contributed by atoms with Crippen molar-refractivity contribution in [1.82, 2.24) is 4.90 Å². The van der Waals surface area contributed by atoms with Gasteiger partial charge in [0.2, 0.25) is 5.91 Å². The number of unbranched alkanes of at least 4 members (excludes halogenated alkanes) is 1. The van der Waals surface area contributed by atoms with Crippen molar-refractivity contribution in [1.29, 1.82) is 0 Å². The summed E-state index contributed by atoms with van der Waals surface area (Å²) in [5, 5.41) is 12.5.